The van der Waals surface area contributed by atoms with E-state index in [1.54, 1.807) is 7.11 Å². The van der Waals surface area contributed by atoms with Crippen LogP contribution in [0.15, 0.2) is 30.3 Å². The summed E-state index contributed by atoms with van der Waals surface area (Å²) in [7, 11) is 3.88. The molecule has 178 valence electrons. The lowest BCUT2D eigenvalue weighted by Crippen LogP contribution is -2.40. The van der Waals surface area contributed by atoms with E-state index in [4.69, 9.17) is 14.5 Å². The Morgan fingerprint density at radius 1 is 1.27 bits per heavy atom. The number of fused-ring (bicyclic) bond motifs is 1. The minimum Gasteiger partial charge on any atom is -0.461 e. The molecule has 2 atom stereocenters. The smallest absolute Gasteiger partial charge is 0.357 e. The van der Waals surface area contributed by atoms with Gasteiger partial charge in [0.25, 0.3) is 0 Å². The zero-order valence-electron chi connectivity index (χ0n) is 20.7. The molecule has 1 saturated heterocycles. The summed E-state index contributed by atoms with van der Waals surface area (Å²) in [6, 6.07) is 10.5. The molecule has 33 heavy (non-hydrogen) atoms. The summed E-state index contributed by atoms with van der Waals surface area (Å²) >= 11 is 0. The maximum Gasteiger partial charge on any atom is 0.357 e. The number of piperidine rings is 1. The minimum atomic E-state index is -0.387. The SMILES string of the molecule is CCOC(=O)c1cc(N2CCCC(OC)C2)c2c(n1)N(c1cccc(C)c1)N(C)C2C(C)C. The number of aromatic nitrogens is 1. The number of pyridine rings is 1. The molecule has 2 aromatic rings. The third-order valence-corrected chi connectivity index (χ3v) is 6.65. The summed E-state index contributed by atoms with van der Waals surface area (Å²) in [4.78, 5) is 20.1. The molecule has 7 nitrogen and oxygen atoms in total. The average molecular weight is 453 g/mol. The molecule has 4 rings (SSSR count). The predicted molar refractivity (Wildman–Crippen MR) is 131 cm³/mol. The number of hydrogen-bond donors (Lipinski definition) is 0. The third-order valence-electron chi connectivity index (χ3n) is 6.65. The van der Waals surface area contributed by atoms with Crippen molar-refractivity contribution in [3.05, 3.63) is 47.2 Å². The lowest BCUT2D eigenvalue weighted by atomic mass is 9.94. The van der Waals surface area contributed by atoms with Crippen molar-refractivity contribution in [2.24, 2.45) is 5.92 Å². The minimum absolute atomic E-state index is 0.127. The Kier molecular flexibility index (Phi) is 6.91. The van der Waals surface area contributed by atoms with Crippen molar-refractivity contribution in [3.8, 4) is 0 Å². The van der Waals surface area contributed by atoms with Gasteiger partial charge < -0.3 is 14.4 Å². The number of rotatable bonds is 6. The van der Waals surface area contributed by atoms with E-state index in [0.717, 1.165) is 43.1 Å². The van der Waals surface area contributed by atoms with Crippen LogP contribution >= 0.6 is 0 Å². The van der Waals surface area contributed by atoms with Crippen molar-refractivity contribution in [2.45, 2.75) is 52.7 Å². The molecule has 2 aliphatic rings. The highest BCUT2D eigenvalue weighted by Gasteiger charge is 2.42. The first kappa shape index (κ1) is 23.5. The molecule has 0 saturated carbocycles. The fourth-order valence-electron chi connectivity index (χ4n) is 5.18. The van der Waals surface area contributed by atoms with Crippen molar-refractivity contribution >= 4 is 23.2 Å². The Morgan fingerprint density at radius 2 is 2.06 bits per heavy atom. The monoisotopic (exact) mass is 452 g/mol. The number of esters is 1. The van der Waals surface area contributed by atoms with Gasteiger partial charge in [0.2, 0.25) is 0 Å². The number of aryl methyl sites for hydroxylation is 1. The number of hydrazine groups is 1. The zero-order valence-corrected chi connectivity index (χ0v) is 20.7. The molecule has 7 heteroatoms. The number of carbonyl (C=O) groups is 1. The van der Waals surface area contributed by atoms with Crippen LogP contribution < -0.4 is 9.91 Å². The third kappa shape index (κ3) is 4.44. The van der Waals surface area contributed by atoms with E-state index in [9.17, 15) is 4.79 Å². The van der Waals surface area contributed by atoms with E-state index in [2.05, 4.69) is 67.0 Å². The van der Waals surface area contributed by atoms with Crippen molar-refractivity contribution in [1.82, 2.24) is 9.99 Å². The predicted octanol–water partition coefficient (Wildman–Crippen LogP) is 4.88. The van der Waals surface area contributed by atoms with Gasteiger partial charge in [0.15, 0.2) is 11.5 Å². The summed E-state index contributed by atoms with van der Waals surface area (Å²) in [6.45, 7) is 10.4. The summed E-state index contributed by atoms with van der Waals surface area (Å²) in [5, 5.41) is 4.41. The van der Waals surface area contributed by atoms with Crippen LogP contribution in [0.3, 0.4) is 0 Å². The van der Waals surface area contributed by atoms with Gasteiger partial charge in [-0.3, -0.25) is 5.01 Å². The largest absolute Gasteiger partial charge is 0.461 e. The first-order valence-corrected chi connectivity index (χ1v) is 11.9. The van der Waals surface area contributed by atoms with Gasteiger partial charge in [0.1, 0.15) is 0 Å². The van der Waals surface area contributed by atoms with Crippen LogP contribution in [0.4, 0.5) is 17.2 Å². The number of ether oxygens (including phenoxy) is 2. The summed E-state index contributed by atoms with van der Waals surface area (Å²) in [6.07, 6.45) is 2.28. The van der Waals surface area contributed by atoms with Crippen LogP contribution in [-0.2, 0) is 9.47 Å². The van der Waals surface area contributed by atoms with Crippen LogP contribution in [0.25, 0.3) is 0 Å². The number of methoxy groups -OCH3 is 1. The second kappa shape index (κ2) is 9.69. The summed E-state index contributed by atoms with van der Waals surface area (Å²) < 4.78 is 11.1. The second-order valence-electron chi connectivity index (χ2n) is 9.34. The van der Waals surface area contributed by atoms with Gasteiger partial charge in [-0.1, -0.05) is 26.0 Å². The van der Waals surface area contributed by atoms with Gasteiger partial charge in [-0.15, -0.1) is 0 Å². The zero-order chi connectivity index (χ0) is 23.7. The highest BCUT2D eigenvalue weighted by molar-refractivity contribution is 5.91. The van der Waals surface area contributed by atoms with Crippen molar-refractivity contribution < 1.29 is 14.3 Å². The summed E-state index contributed by atoms with van der Waals surface area (Å²) in [5.41, 5.74) is 4.79. The molecule has 0 aliphatic carbocycles. The van der Waals surface area contributed by atoms with Crippen LogP contribution in [0.1, 0.15) is 61.3 Å². The molecule has 0 N–H and O–H groups in total. The fraction of sp³-hybridized carbons (Fsp3) is 0.538. The highest BCUT2D eigenvalue weighted by atomic mass is 16.5. The van der Waals surface area contributed by atoms with E-state index in [0.29, 0.717) is 18.2 Å². The number of nitrogens with zero attached hydrogens (tertiary/aromatic N) is 4. The Morgan fingerprint density at radius 3 is 2.73 bits per heavy atom. The fourth-order valence-corrected chi connectivity index (χ4v) is 5.18. The quantitative estimate of drug-likeness (QED) is 0.579. The Hall–Kier alpha value is -2.64. The molecule has 2 unspecified atom stereocenters. The Labute approximate surface area is 197 Å². The van der Waals surface area contributed by atoms with E-state index in [1.165, 1.54) is 11.1 Å². The molecule has 2 aliphatic heterocycles. The van der Waals surface area contributed by atoms with Gasteiger partial charge in [-0.2, -0.15) is 0 Å². The lowest BCUT2D eigenvalue weighted by Gasteiger charge is -2.36. The normalized spacial score (nSPS) is 20.9. The van der Waals surface area contributed by atoms with Gasteiger partial charge in [0.05, 0.1) is 24.4 Å². The molecule has 3 heterocycles. The van der Waals surface area contributed by atoms with Gasteiger partial charge in [-0.05, 0) is 56.4 Å². The van der Waals surface area contributed by atoms with Crippen molar-refractivity contribution in [2.75, 3.05) is 43.8 Å². The van der Waals surface area contributed by atoms with Crippen LogP contribution in [0.2, 0.25) is 0 Å². The number of benzene rings is 1. The maximum atomic E-state index is 12.8. The standard InChI is InChI=1S/C26H36N4O3/c1-7-33-26(31)21-15-22(29-13-9-12-20(16-29)32-6)23-24(17(2)3)28(5)30(25(23)27-21)19-11-8-10-18(4)14-19/h8,10-11,14-15,17,20,24H,7,9,12-13,16H2,1-6H3. The van der Waals surface area contributed by atoms with Crippen molar-refractivity contribution in [3.63, 3.8) is 0 Å². The average Bonchev–Trinajstić information content (AvgIpc) is 3.10. The van der Waals surface area contributed by atoms with E-state index in [-0.39, 0.29) is 18.1 Å². The topological polar surface area (TPSA) is 58.1 Å². The molecule has 1 aromatic heterocycles. The van der Waals surface area contributed by atoms with Crippen LogP contribution in [-0.4, -0.2) is 55.9 Å². The molecule has 0 bridgehead atoms. The number of hydrogen-bond acceptors (Lipinski definition) is 7. The summed E-state index contributed by atoms with van der Waals surface area (Å²) in [5.74, 6) is 0.768. The van der Waals surface area contributed by atoms with E-state index >= 15 is 0 Å². The Balaban J connectivity index is 1.92. The van der Waals surface area contributed by atoms with E-state index < -0.39 is 0 Å². The first-order valence-electron chi connectivity index (χ1n) is 11.9. The van der Waals surface area contributed by atoms with Crippen LogP contribution in [0.5, 0.6) is 0 Å². The second-order valence-corrected chi connectivity index (χ2v) is 9.34. The molecular formula is C26H36N4O3. The lowest BCUT2D eigenvalue weighted by molar-refractivity contribution is 0.0519. The van der Waals surface area contributed by atoms with Gasteiger partial charge in [0, 0.05) is 38.5 Å². The number of anilines is 3. The van der Waals surface area contributed by atoms with Gasteiger partial charge >= 0.3 is 5.97 Å². The maximum absolute atomic E-state index is 12.8. The molecule has 0 radical (unpaired) electrons. The molecule has 1 fully saturated rings. The molecule has 0 amide bonds. The highest BCUT2D eigenvalue weighted by Crippen LogP contribution is 2.50. The van der Waals surface area contributed by atoms with Crippen LogP contribution in [0, 0.1) is 12.8 Å². The molecule has 1 aromatic carbocycles. The molecular weight excluding hydrogens is 416 g/mol. The van der Waals surface area contributed by atoms with Crippen molar-refractivity contribution in [1.29, 1.82) is 0 Å². The Bertz CT molecular complexity index is 1010. The molecule has 0 spiro atoms. The van der Waals surface area contributed by atoms with Gasteiger partial charge in [-0.25, -0.2) is 14.8 Å². The first-order chi connectivity index (χ1) is 15.8. The number of carbonyl (C=O) groups excluding carboxylic acids is 1. The van der Waals surface area contributed by atoms with E-state index in [1.807, 2.05) is 13.0 Å².